The number of nitrogens with one attached hydrogen (secondary N) is 1. The maximum Gasteiger partial charge on any atom is 0.242 e. The van der Waals surface area contributed by atoms with Gasteiger partial charge < -0.3 is 9.84 Å². The average molecular weight is 359 g/mol. The van der Waals surface area contributed by atoms with Crippen molar-refractivity contribution in [2.24, 2.45) is 5.92 Å². The molecule has 5 nitrogen and oxygen atoms in total. The molecular weight excluding hydrogens is 333 g/mol. The lowest BCUT2D eigenvalue weighted by molar-refractivity contribution is -0.122. The minimum atomic E-state index is -0.175. The van der Waals surface area contributed by atoms with Gasteiger partial charge in [-0.25, -0.2) is 4.39 Å². The van der Waals surface area contributed by atoms with E-state index in [9.17, 15) is 9.18 Å². The first-order chi connectivity index (χ1) is 12.5. The number of hydrogen-bond donors (Lipinski definition) is 1. The molecule has 6 heteroatoms. The highest BCUT2D eigenvalue weighted by molar-refractivity contribution is 5.93. The van der Waals surface area contributed by atoms with Crippen molar-refractivity contribution in [1.29, 1.82) is 0 Å². The van der Waals surface area contributed by atoms with Crippen LogP contribution in [0.15, 0.2) is 34.9 Å². The molecule has 0 saturated carbocycles. The Morgan fingerprint density at radius 1 is 1.38 bits per heavy atom. The third-order valence-electron chi connectivity index (χ3n) is 5.07. The predicted octanol–water partition coefficient (Wildman–Crippen LogP) is 3.79. The molecule has 2 heterocycles. The van der Waals surface area contributed by atoms with Crippen LogP contribution in [0.25, 0.3) is 0 Å². The highest BCUT2D eigenvalue weighted by atomic mass is 19.1. The summed E-state index contributed by atoms with van der Waals surface area (Å²) in [7, 11) is 0. The Morgan fingerprint density at radius 3 is 2.77 bits per heavy atom. The predicted molar refractivity (Wildman–Crippen MR) is 98.3 cm³/mol. The number of carbonyl (C=O) groups is 1. The average Bonchev–Trinajstić information content (AvgIpc) is 3.02. The standard InChI is InChI=1S/C20H26FN3O2/c1-3-18(20(25)22-19-11-14(2)26-23-19)24-9-7-15(8-10-24)12-16-5-4-6-17(21)13-16/h4-6,11,13,15,18H,3,7-10,12H2,1-2H3,(H,22,23,25). The van der Waals surface area contributed by atoms with E-state index in [4.69, 9.17) is 4.52 Å². The number of carbonyl (C=O) groups excluding carboxylic acids is 1. The molecule has 140 valence electrons. The Bertz CT molecular complexity index is 738. The van der Waals surface area contributed by atoms with Crippen LogP contribution in [0.5, 0.6) is 0 Å². The molecule has 1 aliphatic rings. The first kappa shape index (κ1) is 18.6. The van der Waals surface area contributed by atoms with Gasteiger partial charge in [0.05, 0.1) is 6.04 Å². The van der Waals surface area contributed by atoms with Crippen LogP contribution in [0, 0.1) is 18.7 Å². The molecule has 0 bridgehead atoms. The Balaban J connectivity index is 1.52. The van der Waals surface area contributed by atoms with E-state index in [-0.39, 0.29) is 17.8 Å². The molecule has 1 amide bonds. The number of aryl methyl sites for hydroxylation is 1. The Labute approximate surface area is 153 Å². The molecule has 1 fully saturated rings. The molecule has 1 aromatic carbocycles. The molecule has 0 aliphatic carbocycles. The van der Waals surface area contributed by atoms with Crippen molar-refractivity contribution >= 4 is 11.7 Å². The first-order valence-corrected chi connectivity index (χ1v) is 9.28. The minimum Gasteiger partial charge on any atom is -0.360 e. The van der Waals surface area contributed by atoms with Gasteiger partial charge in [0.1, 0.15) is 11.6 Å². The number of nitrogens with zero attached hydrogens (tertiary/aromatic N) is 2. The van der Waals surface area contributed by atoms with E-state index < -0.39 is 0 Å². The van der Waals surface area contributed by atoms with Crippen molar-refractivity contribution in [1.82, 2.24) is 10.1 Å². The molecule has 0 spiro atoms. The SMILES string of the molecule is CCC(C(=O)Nc1cc(C)on1)N1CCC(Cc2cccc(F)c2)CC1. The Morgan fingerprint density at radius 2 is 2.15 bits per heavy atom. The normalized spacial score (nSPS) is 17.2. The fraction of sp³-hybridized carbons (Fsp3) is 0.500. The van der Waals surface area contributed by atoms with Gasteiger partial charge in [-0.05, 0) is 69.3 Å². The van der Waals surface area contributed by atoms with Crippen LogP contribution < -0.4 is 5.32 Å². The van der Waals surface area contributed by atoms with Gasteiger partial charge in [0, 0.05) is 6.07 Å². The minimum absolute atomic E-state index is 0.0376. The molecule has 1 aromatic heterocycles. The quantitative estimate of drug-likeness (QED) is 0.852. The molecule has 2 aromatic rings. The fourth-order valence-electron chi connectivity index (χ4n) is 3.71. The van der Waals surface area contributed by atoms with E-state index in [2.05, 4.69) is 15.4 Å². The second-order valence-electron chi connectivity index (χ2n) is 7.05. The number of piperidine rings is 1. The second-order valence-corrected chi connectivity index (χ2v) is 7.05. The van der Waals surface area contributed by atoms with Crippen molar-refractivity contribution in [2.75, 3.05) is 18.4 Å². The van der Waals surface area contributed by atoms with Gasteiger partial charge in [-0.15, -0.1) is 0 Å². The van der Waals surface area contributed by atoms with Gasteiger partial charge in [0.2, 0.25) is 5.91 Å². The number of hydrogen-bond acceptors (Lipinski definition) is 4. The number of halogens is 1. The summed E-state index contributed by atoms with van der Waals surface area (Å²) in [5.41, 5.74) is 1.05. The van der Waals surface area contributed by atoms with Crippen LogP contribution in [0.1, 0.15) is 37.5 Å². The summed E-state index contributed by atoms with van der Waals surface area (Å²) >= 11 is 0. The molecule has 1 N–H and O–H groups in total. The van der Waals surface area contributed by atoms with E-state index in [1.165, 1.54) is 6.07 Å². The highest BCUT2D eigenvalue weighted by Gasteiger charge is 2.29. The van der Waals surface area contributed by atoms with Crippen molar-refractivity contribution in [3.63, 3.8) is 0 Å². The Hall–Kier alpha value is -2.21. The second kappa shape index (κ2) is 8.45. The molecule has 1 atom stereocenters. The maximum absolute atomic E-state index is 13.3. The molecule has 26 heavy (non-hydrogen) atoms. The largest absolute Gasteiger partial charge is 0.360 e. The third kappa shape index (κ3) is 4.69. The van der Waals surface area contributed by atoms with Crippen LogP contribution in [0.2, 0.25) is 0 Å². The monoisotopic (exact) mass is 359 g/mol. The van der Waals surface area contributed by atoms with E-state index in [1.807, 2.05) is 13.0 Å². The number of rotatable bonds is 6. The van der Waals surface area contributed by atoms with Gasteiger partial charge >= 0.3 is 0 Å². The summed E-state index contributed by atoms with van der Waals surface area (Å²) in [6.45, 7) is 5.58. The number of benzene rings is 1. The van der Waals surface area contributed by atoms with E-state index in [0.29, 0.717) is 17.5 Å². The smallest absolute Gasteiger partial charge is 0.242 e. The van der Waals surface area contributed by atoms with Gasteiger partial charge in [-0.2, -0.15) is 0 Å². The molecular formula is C20H26FN3O2. The summed E-state index contributed by atoms with van der Waals surface area (Å²) in [6.07, 6.45) is 3.68. The van der Waals surface area contributed by atoms with Gasteiger partial charge in [-0.1, -0.05) is 24.2 Å². The van der Waals surface area contributed by atoms with Crippen LogP contribution in [-0.2, 0) is 11.2 Å². The fourth-order valence-corrected chi connectivity index (χ4v) is 3.71. The molecule has 1 unspecified atom stereocenters. The number of anilines is 1. The molecule has 1 aliphatic heterocycles. The zero-order valence-electron chi connectivity index (χ0n) is 15.4. The lowest BCUT2D eigenvalue weighted by atomic mass is 9.89. The third-order valence-corrected chi connectivity index (χ3v) is 5.07. The van der Waals surface area contributed by atoms with Crippen LogP contribution in [0.3, 0.4) is 0 Å². The summed E-state index contributed by atoms with van der Waals surface area (Å²) in [5, 5.41) is 6.67. The van der Waals surface area contributed by atoms with Crippen molar-refractivity contribution in [3.8, 4) is 0 Å². The molecule has 0 radical (unpaired) electrons. The van der Waals surface area contributed by atoms with E-state index in [1.54, 1.807) is 25.1 Å². The highest BCUT2D eigenvalue weighted by Crippen LogP contribution is 2.24. The zero-order chi connectivity index (χ0) is 18.5. The number of aromatic nitrogens is 1. The van der Waals surface area contributed by atoms with Crippen molar-refractivity contribution in [2.45, 2.75) is 45.6 Å². The summed E-state index contributed by atoms with van der Waals surface area (Å²) in [5.74, 6) is 1.46. The number of amides is 1. The summed E-state index contributed by atoms with van der Waals surface area (Å²) in [4.78, 5) is 14.8. The van der Waals surface area contributed by atoms with Gasteiger partial charge in [0.25, 0.3) is 0 Å². The first-order valence-electron chi connectivity index (χ1n) is 9.28. The summed E-state index contributed by atoms with van der Waals surface area (Å²) in [6, 6.07) is 8.40. The molecule has 1 saturated heterocycles. The van der Waals surface area contributed by atoms with Crippen molar-refractivity contribution in [3.05, 3.63) is 47.5 Å². The maximum atomic E-state index is 13.3. The summed E-state index contributed by atoms with van der Waals surface area (Å²) < 4.78 is 18.3. The lowest BCUT2D eigenvalue weighted by Gasteiger charge is -2.36. The van der Waals surface area contributed by atoms with E-state index in [0.717, 1.165) is 44.3 Å². The van der Waals surface area contributed by atoms with Crippen LogP contribution >= 0.6 is 0 Å². The zero-order valence-corrected chi connectivity index (χ0v) is 15.4. The Kier molecular flexibility index (Phi) is 6.04. The lowest BCUT2D eigenvalue weighted by Crippen LogP contribution is -2.47. The van der Waals surface area contributed by atoms with Gasteiger partial charge in [0.15, 0.2) is 5.82 Å². The van der Waals surface area contributed by atoms with Gasteiger partial charge in [-0.3, -0.25) is 9.69 Å². The van der Waals surface area contributed by atoms with Crippen molar-refractivity contribution < 1.29 is 13.7 Å². The molecule has 3 rings (SSSR count). The van der Waals surface area contributed by atoms with Crippen LogP contribution in [-0.4, -0.2) is 35.1 Å². The number of likely N-dealkylation sites (tertiary alicyclic amines) is 1. The van der Waals surface area contributed by atoms with E-state index >= 15 is 0 Å². The van der Waals surface area contributed by atoms with Crippen LogP contribution in [0.4, 0.5) is 10.2 Å². The topological polar surface area (TPSA) is 58.4 Å².